The van der Waals surface area contributed by atoms with Gasteiger partial charge in [-0.25, -0.2) is 9.78 Å². The van der Waals surface area contributed by atoms with E-state index < -0.39 is 10.9 Å². The van der Waals surface area contributed by atoms with Crippen LogP contribution in [0.5, 0.6) is 5.75 Å². The molecule has 0 aliphatic carbocycles. The number of hydrogen-bond donors (Lipinski definition) is 1. The topological polar surface area (TPSA) is 124 Å². The Morgan fingerprint density at radius 2 is 2.11 bits per heavy atom. The third kappa shape index (κ3) is 3.51. The average molecular weight is 389 g/mol. The van der Waals surface area contributed by atoms with Crippen LogP contribution in [0.3, 0.4) is 0 Å². The van der Waals surface area contributed by atoms with Crippen LogP contribution in [-0.4, -0.2) is 28.0 Å². The molecule has 3 rings (SSSR count). The van der Waals surface area contributed by atoms with Crippen molar-refractivity contribution in [1.29, 1.82) is 0 Å². The highest BCUT2D eigenvalue weighted by Gasteiger charge is 2.20. The smallest absolute Gasteiger partial charge is 0.338 e. The second-order valence-electron chi connectivity index (χ2n) is 5.70. The molecule has 2 heterocycles. The molecule has 3 aromatic rings. The van der Waals surface area contributed by atoms with Gasteiger partial charge in [0.15, 0.2) is 5.75 Å². The van der Waals surface area contributed by atoms with Gasteiger partial charge in [-0.05, 0) is 31.5 Å². The van der Waals surface area contributed by atoms with Crippen molar-refractivity contribution >= 4 is 33.2 Å². The lowest BCUT2D eigenvalue weighted by atomic mass is 10.2. The van der Waals surface area contributed by atoms with Crippen molar-refractivity contribution in [3.8, 4) is 5.75 Å². The third-order valence-corrected chi connectivity index (χ3v) is 5.13. The van der Waals surface area contributed by atoms with Crippen LogP contribution in [0.15, 0.2) is 23.0 Å². The number of esters is 1. The van der Waals surface area contributed by atoms with Crippen LogP contribution in [0, 0.1) is 24.0 Å². The Hall–Kier alpha value is -3.27. The number of aromatic nitrogens is 2. The van der Waals surface area contributed by atoms with E-state index in [0.717, 1.165) is 16.5 Å². The van der Waals surface area contributed by atoms with E-state index in [2.05, 4.69) is 14.7 Å². The Labute approximate surface area is 156 Å². The Morgan fingerprint density at radius 3 is 2.78 bits per heavy atom. The summed E-state index contributed by atoms with van der Waals surface area (Å²) in [6, 6.07) is 3.74. The highest BCUT2D eigenvalue weighted by molar-refractivity contribution is 7.18. The molecule has 1 N–H and O–H groups in total. The number of carbonyl (C=O) groups is 1. The highest BCUT2D eigenvalue weighted by Crippen LogP contribution is 2.29. The number of aryl methyl sites for hydroxylation is 2. The first-order valence-electron chi connectivity index (χ1n) is 7.80. The number of hydrogen-bond acceptors (Lipinski definition) is 8. The number of benzene rings is 1. The lowest BCUT2D eigenvalue weighted by molar-refractivity contribution is -0.386. The standard InChI is InChI=1S/C17H15N3O6S/c1-8-9(2)27-16-14(8)15(21)18-13(19-16)7-26-12-5-4-10(17(22)25-3)6-11(12)20(23)24/h4-6H,7H2,1-3H3,(H,18,19,21). The fourth-order valence-corrected chi connectivity index (χ4v) is 3.59. The maximum absolute atomic E-state index is 12.3. The molecule has 0 bridgehead atoms. The maximum atomic E-state index is 12.3. The maximum Gasteiger partial charge on any atom is 0.338 e. The molecule has 9 nitrogen and oxygen atoms in total. The Morgan fingerprint density at radius 1 is 1.37 bits per heavy atom. The molecule has 10 heteroatoms. The number of nitrogens with one attached hydrogen (secondary N) is 1. The fraction of sp³-hybridized carbons (Fsp3) is 0.235. The number of rotatable bonds is 5. The van der Waals surface area contributed by atoms with Crippen molar-refractivity contribution in [2.45, 2.75) is 20.5 Å². The molecule has 0 fully saturated rings. The van der Waals surface area contributed by atoms with Gasteiger partial charge in [-0.2, -0.15) is 0 Å². The summed E-state index contributed by atoms with van der Waals surface area (Å²) in [6.45, 7) is 3.59. The van der Waals surface area contributed by atoms with Crippen molar-refractivity contribution in [3.63, 3.8) is 0 Å². The minimum atomic E-state index is -0.690. The second-order valence-corrected chi connectivity index (χ2v) is 6.90. The zero-order chi connectivity index (χ0) is 19.7. The normalized spacial score (nSPS) is 10.8. The molecule has 0 unspecified atom stereocenters. The Balaban J connectivity index is 1.90. The lowest BCUT2D eigenvalue weighted by Gasteiger charge is -2.07. The molecule has 27 heavy (non-hydrogen) atoms. The first-order chi connectivity index (χ1) is 12.8. The first-order valence-corrected chi connectivity index (χ1v) is 8.62. The second kappa shape index (κ2) is 7.16. The van der Waals surface area contributed by atoms with Crippen molar-refractivity contribution in [1.82, 2.24) is 9.97 Å². The van der Waals surface area contributed by atoms with Crippen LogP contribution in [-0.2, 0) is 11.3 Å². The minimum Gasteiger partial charge on any atom is -0.479 e. The van der Waals surface area contributed by atoms with Gasteiger partial charge in [-0.1, -0.05) is 0 Å². The van der Waals surface area contributed by atoms with Crippen LogP contribution < -0.4 is 10.3 Å². The van der Waals surface area contributed by atoms with E-state index >= 15 is 0 Å². The van der Waals surface area contributed by atoms with Gasteiger partial charge in [0.2, 0.25) is 0 Å². The van der Waals surface area contributed by atoms with E-state index in [1.54, 1.807) is 0 Å². The molecule has 1 aromatic carbocycles. The number of nitrogens with zero attached hydrogens (tertiary/aromatic N) is 2. The summed E-state index contributed by atoms with van der Waals surface area (Å²) in [5, 5.41) is 11.8. The lowest BCUT2D eigenvalue weighted by Crippen LogP contribution is -2.13. The van der Waals surface area contributed by atoms with Crippen LogP contribution in [0.2, 0.25) is 0 Å². The van der Waals surface area contributed by atoms with E-state index in [4.69, 9.17) is 4.74 Å². The zero-order valence-corrected chi connectivity index (χ0v) is 15.5. The molecule has 0 radical (unpaired) electrons. The number of thiophene rings is 1. The van der Waals surface area contributed by atoms with Crippen LogP contribution in [0.4, 0.5) is 5.69 Å². The summed E-state index contributed by atoms with van der Waals surface area (Å²) in [6.07, 6.45) is 0. The number of H-pyrrole nitrogens is 1. The van der Waals surface area contributed by atoms with Gasteiger partial charge in [0, 0.05) is 10.9 Å². The Kier molecular flexibility index (Phi) is 4.91. The van der Waals surface area contributed by atoms with E-state index in [0.29, 0.717) is 10.2 Å². The van der Waals surface area contributed by atoms with Crippen LogP contribution in [0.25, 0.3) is 10.2 Å². The molecule has 0 atom stereocenters. The van der Waals surface area contributed by atoms with Gasteiger partial charge in [0.1, 0.15) is 17.3 Å². The van der Waals surface area contributed by atoms with Crippen molar-refractivity contribution in [3.05, 3.63) is 60.5 Å². The van der Waals surface area contributed by atoms with Gasteiger partial charge in [-0.15, -0.1) is 11.3 Å². The number of methoxy groups -OCH3 is 1. The van der Waals surface area contributed by atoms with Gasteiger partial charge in [0.05, 0.1) is 23.0 Å². The summed E-state index contributed by atoms with van der Waals surface area (Å²) in [5.41, 5.74) is 0.249. The summed E-state index contributed by atoms with van der Waals surface area (Å²) < 4.78 is 10.0. The fourth-order valence-electron chi connectivity index (χ4n) is 2.54. The van der Waals surface area contributed by atoms with Crippen molar-refractivity contribution in [2.24, 2.45) is 0 Å². The number of fused-ring (bicyclic) bond motifs is 1. The average Bonchev–Trinajstić information content (AvgIpc) is 2.93. The van der Waals surface area contributed by atoms with E-state index in [9.17, 15) is 19.7 Å². The van der Waals surface area contributed by atoms with Crippen molar-refractivity contribution < 1.29 is 19.2 Å². The number of carbonyl (C=O) groups excluding carboxylic acids is 1. The largest absolute Gasteiger partial charge is 0.479 e. The molecule has 0 saturated carbocycles. The summed E-state index contributed by atoms with van der Waals surface area (Å²) >= 11 is 1.40. The molecule has 140 valence electrons. The third-order valence-electron chi connectivity index (χ3n) is 4.03. The summed E-state index contributed by atoms with van der Waals surface area (Å²) in [4.78, 5) is 43.0. The van der Waals surface area contributed by atoms with Gasteiger partial charge < -0.3 is 14.5 Å². The molecular formula is C17H15N3O6S. The number of nitro benzene ring substituents is 1. The molecular weight excluding hydrogens is 374 g/mol. The number of ether oxygens (including phenoxy) is 2. The highest BCUT2D eigenvalue weighted by atomic mass is 32.1. The van der Waals surface area contributed by atoms with Gasteiger partial charge in [0.25, 0.3) is 5.56 Å². The van der Waals surface area contributed by atoms with Crippen molar-refractivity contribution in [2.75, 3.05) is 7.11 Å². The predicted molar refractivity (Wildman–Crippen MR) is 98.5 cm³/mol. The quantitative estimate of drug-likeness (QED) is 0.404. The SMILES string of the molecule is COC(=O)c1ccc(OCc2nc3sc(C)c(C)c3c(=O)[nH]2)c([N+](=O)[O-])c1. The van der Waals surface area contributed by atoms with E-state index in [-0.39, 0.29) is 35.0 Å². The minimum absolute atomic E-state index is 0.0361. The van der Waals surface area contributed by atoms with Gasteiger partial charge in [-0.3, -0.25) is 14.9 Å². The van der Waals surface area contributed by atoms with E-state index in [1.807, 2.05) is 13.8 Å². The number of nitro groups is 1. The molecule has 0 amide bonds. The summed E-state index contributed by atoms with van der Waals surface area (Å²) in [5.74, 6) is -0.487. The molecule has 0 aliphatic rings. The summed E-state index contributed by atoms with van der Waals surface area (Å²) in [7, 11) is 1.19. The predicted octanol–water partition coefficient (Wildman–Crippen LogP) is 2.88. The molecule has 2 aromatic heterocycles. The van der Waals surface area contributed by atoms with Crippen LogP contribution >= 0.6 is 11.3 Å². The number of aromatic amines is 1. The van der Waals surface area contributed by atoms with Gasteiger partial charge >= 0.3 is 11.7 Å². The zero-order valence-electron chi connectivity index (χ0n) is 14.7. The first kappa shape index (κ1) is 18.5. The van der Waals surface area contributed by atoms with E-state index in [1.165, 1.54) is 30.6 Å². The molecule has 0 spiro atoms. The Bertz CT molecular complexity index is 1120. The monoisotopic (exact) mass is 389 g/mol. The van der Waals surface area contributed by atoms with Crippen LogP contribution in [0.1, 0.15) is 26.6 Å². The molecule has 0 saturated heterocycles. The molecule has 0 aliphatic heterocycles.